The zero-order chi connectivity index (χ0) is 11.7. The first-order chi connectivity index (χ1) is 8.34. The summed E-state index contributed by atoms with van der Waals surface area (Å²) in [4.78, 5) is 6.48. The zero-order valence-electron chi connectivity index (χ0n) is 9.56. The van der Waals surface area contributed by atoms with Crippen LogP contribution in [0.4, 0.5) is 4.39 Å². The van der Waals surface area contributed by atoms with E-state index in [-0.39, 0.29) is 5.82 Å². The fourth-order valence-corrected chi connectivity index (χ4v) is 2.24. The number of aromatic nitrogens is 2. The molecule has 0 spiro atoms. The highest BCUT2D eigenvalue weighted by Crippen LogP contribution is 2.12. The second-order valence-electron chi connectivity index (χ2n) is 4.33. The van der Waals surface area contributed by atoms with Crippen LogP contribution >= 0.6 is 0 Å². The molecule has 0 atom stereocenters. The van der Waals surface area contributed by atoms with Gasteiger partial charge in [-0.3, -0.25) is 4.90 Å². The van der Waals surface area contributed by atoms with Crippen molar-refractivity contribution in [1.29, 1.82) is 0 Å². The maximum atomic E-state index is 13.5. The van der Waals surface area contributed by atoms with Gasteiger partial charge < -0.3 is 9.72 Å². The first kappa shape index (κ1) is 10.7. The summed E-state index contributed by atoms with van der Waals surface area (Å²) in [6.45, 7) is 4.92. The van der Waals surface area contributed by atoms with E-state index in [0.29, 0.717) is 5.65 Å². The molecule has 0 amide bonds. The van der Waals surface area contributed by atoms with E-state index >= 15 is 0 Å². The van der Waals surface area contributed by atoms with E-state index in [1.54, 1.807) is 12.3 Å². The van der Waals surface area contributed by atoms with Gasteiger partial charge in [0.25, 0.3) is 0 Å². The largest absolute Gasteiger partial charge is 0.314 e. The fraction of sp³-hybridized carbons (Fsp3) is 0.417. The molecule has 0 aromatic carbocycles. The minimum atomic E-state index is -0.265. The molecule has 1 fully saturated rings. The van der Waals surface area contributed by atoms with Crippen LogP contribution in [-0.2, 0) is 6.54 Å². The second kappa shape index (κ2) is 4.43. The summed E-state index contributed by atoms with van der Waals surface area (Å²) in [5.74, 6) is -0.265. The highest BCUT2D eigenvalue weighted by Gasteiger charge is 2.13. The van der Waals surface area contributed by atoms with Crippen molar-refractivity contribution in [3.05, 3.63) is 36.0 Å². The number of hydrogen-bond acceptors (Lipinski definition) is 3. The lowest BCUT2D eigenvalue weighted by Gasteiger charge is -2.26. The fourth-order valence-electron chi connectivity index (χ4n) is 2.24. The van der Waals surface area contributed by atoms with Gasteiger partial charge in [-0.05, 0) is 12.1 Å². The molecule has 2 aromatic rings. The van der Waals surface area contributed by atoms with Gasteiger partial charge in [0.05, 0.1) is 11.9 Å². The molecule has 0 saturated carbocycles. The van der Waals surface area contributed by atoms with Crippen molar-refractivity contribution in [3.63, 3.8) is 0 Å². The van der Waals surface area contributed by atoms with Crippen LogP contribution < -0.4 is 5.32 Å². The van der Waals surface area contributed by atoms with Crippen molar-refractivity contribution in [1.82, 2.24) is 19.6 Å². The van der Waals surface area contributed by atoms with Gasteiger partial charge in [0.2, 0.25) is 0 Å². The van der Waals surface area contributed by atoms with Crippen LogP contribution in [0.15, 0.2) is 24.5 Å². The normalized spacial score (nSPS) is 17.7. The molecule has 0 bridgehead atoms. The zero-order valence-corrected chi connectivity index (χ0v) is 9.56. The number of rotatable bonds is 2. The molecule has 17 heavy (non-hydrogen) atoms. The van der Waals surface area contributed by atoms with Crippen LogP contribution in [0, 0.1) is 5.82 Å². The third-order valence-corrected chi connectivity index (χ3v) is 3.16. The number of fused-ring (bicyclic) bond motifs is 1. The number of nitrogens with zero attached hydrogens (tertiary/aromatic N) is 3. The molecule has 0 aliphatic carbocycles. The summed E-state index contributed by atoms with van der Waals surface area (Å²) in [6.07, 6.45) is 3.63. The molecule has 90 valence electrons. The maximum absolute atomic E-state index is 13.5. The first-order valence-corrected chi connectivity index (χ1v) is 5.88. The monoisotopic (exact) mass is 234 g/mol. The van der Waals surface area contributed by atoms with E-state index in [4.69, 9.17) is 0 Å². The Kier molecular flexibility index (Phi) is 2.78. The van der Waals surface area contributed by atoms with Gasteiger partial charge in [0.15, 0.2) is 11.5 Å². The van der Waals surface area contributed by atoms with Crippen LogP contribution in [-0.4, -0.2) is 40.5 Å². The summed E-state index contributed by atoms with van der Waals surface area (Å²) in [5.41, 5.74) is 1.46. The molecular formula is C12H15FN4. The number of piperazine rings is 1. The van der Waals surface area contributed by atoms with Crippen molar-refractivity contribution in [2.45, 2.75) is 6.54 Å². The summed E-state index contributed by atoms with van der Waals surface area (Å²) in [6, 6.07) is 3.15. The molecule has 2 aromatic heterocycles. The summed E-state index contributed by atoms with van der Waals surface area (Å²) in [5, 5.41) is 3.32. The molecule has 4 nitrogen and oxygen atoms in total. The molecule has 3 rings (SSSR count). The minimum Gasteiger partial charge on any atom is -0.314 e. The van der Waals surface area contributed by atoms with Gasteiger partial charge in [0.1, 0.15) is 0 Å². The summed E-state index contributed by atoms with van der Waals surface area (Å²) >= 11 is 0. The van der Waals surface area contributed by atoms with Crippen molar-refractivity contribution in [2.75, 3.05) is 26.2 Å². The van der Waals surface area contributed by atoms with Crippen molar-refractivity contribution in [3.8, 4) is 0 Å². The lowest BCUT2D eigenvalue weighted by Crippen LogP contribution is -2.43. The lowest BCUT2D eigenvalue weighted by atomic mass is 10.3. The Bertz CT molecular complexity index is 516. The number of imidazole rings is 1. The van der Waals surface area contributed by atoms with Crippen LogP contribution in [0.5, 0.6) is 0 Å². The van der Waals surface area contributed by atoms with Crippen LogP contribution in [0.2, 0.25) is 0 Å². The maximum Gasteiger partial charge on any atom is 0.173 e. The topological polar surface area (TPSA) is 32.6 Å². The molecular weight excluding hydrogens is 219 g/mol. The molecule has 3 heterocycles. The summed E-state index contributed by atoms with van der Waals surface area (Å²) < 4.78 is 15.3. The molecule has 1 N–H and O–H groups in total. The van der Waals surface area contributed by atoms with Crippen LogP contribution in [0.3, 0.4) is 0 Å². The minimum absolute atomic E-state index is 0.265. The molecule has 1 aliphatic rings. The highest BCUT2D eigenvalue weighted by atomic mass is 19.1. The molecule has 0 unspecified atom stereocenters. The second-order valence-corrected chi connectivity index (χ2v) is 4.33. The SMILES string of the molecule is Fc1cccn2c(CN3CCNCC3)cnc12. The Morgan fingerprint density at radius 3 is 3.00 bits per heavy atom. The van der Waals surface area contributed by atoms with E-state index in [0.717, 1.165) is 38.4 Å². The number of hydrogen-bond donors (Lipinski definition) is 1. The predicted molar refractivity (Wildman–Crippen MR) is 63.3 cm³/mol. The van der Waals surface area contributed by atoms with Crippen molar-refractivity contribution >= 4 is 5.65 Å². The third kappa shape index (κ3) is 2.03. The van der Waals surface area contributed by atoms with E-state index in [1.165, 1.54) is 6.07 Å². The Morgan fingerprint density at radius 1 is 1.35 bits per heavy atom. The molecule has 1 saturated heterocycles. The quantitative estimate of drug-likeness (QED) is 0.837. The van der Waals surface area contributed by atoms with Gasteiger partial charge in [-0.1, -0.05) is 0 Å². The number of pyridine rings is 1. The van der Waals surface area contributed by atoms with E-state index in [9.17, 15) is 4.39 Å². The Hall–Kier alpha value is -1.46. The van der Waals surface area contributed by atoms with Gasteiger partial charge in [0, 0.05) is 38.9 Å². The summed E-state index contributed by atoms with van der Waals surface area (Å²) in [7, 11) is 0. The Balaban J connectivity index is 1.87. The van der Waals surface area contributed by atoms with Crippen LogP contribution in [0.1, 0.15) is 5.69 Å². The van der Waals surface area contributed by atoms with Crippen molar-refractivity contribution < 1.29 is 4.39 Å². The molecule has 5 heteroatoms. The van der Waals surface area contributed by atoms with E-state index in [2.05, 4.69) is 15.2 Å². The highest BCUT2D eigenvalue weighted by molar-refractivity contribution is 5.41. The smallest absolute Gasteiger partial charge is 0.173 e. The van der Waals surface area contributed by atoms with Gasteiger partial charge in [-0.15, -0.1) is 0 Å². The van der Waals surface area contributed by atoms with Gasteiger partial charge in [-0.2, -0.15) is 0 Å². The standard InChI is InChI=1S/C12H15FN4/c13-11-2-1-5-17-10(8-15-12(11)17)9-16-6-3-14-4-7-16/h1-2,5,8,14H,3-4,6-7,9H2. The van der Waals surface area contributed by atoms with E-state index in [1.807, 2.05) is 10.6 Å². The van der Waals surface area contributed by atoms with E-state index < -0.39 is 0 Å². The number of halogens is 1. The first-order valence-electron chi connectivity index (χ1n) is 5.88. The van der Waals surface area contributed by atoms with Gasteiger partial charge in [-0.25, -0.2) is 9.37 Å². The Labute approximate surface area is 99.1 Å². The molecule has 1 aliphatic heterocycles. The lowest BCUT2D eigenvalue weighted by molar-refractivity contribution is 0.230. The Morgan fingerprint density at radius 2 is 2.18 bits per heavy atom. The molecule has 0 radical (unpaired) electrons. The van der Waals surface area contributed by atoms with Gasteiger partial charge >= 0.3 is 0 Å². The average Bonchev–Trinajstić information content (AvgIpc) is 2.76. The predicted octanol–water partition coefficient (Wildman–Crippen LogP) is 0.879. The van der Waals surface area contributed by atoms with Crippen LogP contribution in [0.25, 0.3) is 5.65 Å². The number of nitrogens with one attached hydrogen (secondary N) is 1. The third-order valence-electron chi connectivity index (χ3n) is 3.16. The average molecular weight is 234 g/mol. The van der Waals surface area contributed by atoms with Crippen molar-refractivity contribution in [2.24, 2.45) is 0 Å².